The third-order valence-electron chi connectivity index (χ3n) is 8.76. The van der Waals surface area contributed by atoms with Crippen molar-refractivity contribution in [3.8, 4) is 0 Å². The third kappa shape index (κ3) is 5.74. The van der Waals surface area contributed by atoms with Crippen LogP contribution >= 0.6 is 0 Å². The smallest absolute Gasteiger partial charge is 0.311 e. The van der Waals surface area contributed by atoms with Crippen LogP contribution in [0.1, 0.15) is 61.3 Å². The number of carbonyl (C=O) groups is 2. The molecule has 2 saturated heterocycles. The van der Waals surface area contributed by atoms with E-state index in [1.54, 1.807) is 34.6 Å². The first-order chi connectivity index (χ1) is 17.1. The maximum absolute atomic E-state index is 13.3. The summed E-state index contributed by atoms with van der Waals surface area (Å²) in [5.41, 5.74) is -1.72. The van der Waals surface area contributed by atoms with Gasteiger partial charge in [-0.15, -0.1) is 0 Å². The Hall–Kier alpha value is -1.56. The van der Waals surface area contributed by atoms with Gasteiger partial charge in [0.2, 0.25) is 0 Å². The lowest BCUT2D eigenvalue weighted by atomic mass is 9.75. The molecule has 0 spiro atoms. The number of Topliss-reactive ketones (excluding diaryl/α,β-unsaturated/α-hetero) is 1. The first-order valence-electron chi connectivity index (χ1n) is 13.3. The highest BCUT2D eigenvalue weighted by Gasteiger charge is 2.55. The van der Waals surface area contributed by atoms with Crippen LogP contribution in [0.5, 0.6) is 0 Å². The summed E-state index contributed by atoms with van der Waals surface area (Å²) in [6.07, 6.45) is -5.03. The molecule has 0 saturated carbocycles. The molecule has 212 valence electrons. The fourth-order valence-electron chi connectivity index (χ4n) is 6.15. The zero-order valence-electron chi connectivity index (χ0n) is 22.8. The minimum atomic E-state index is -1.72. The zero-order chi connectivity index (χ0) is 28.0. The third-order valence-corrected chi connectivity index (χ3v) is 8.76. The number of esters is 1. The molecule has 2 fully saturated rings. The van der Waals surface area contributed by atoms with Crippen LogP contribution < -0.4 is 0 Å². The molecule has 10 heteroatoms. The summed E-state index contributed by atoms with van der Waals surface area (Å²) < 4.78 is 17.6. The van der Waals surface area contributed by atoms with Gasteiger partial charge >= 0.3 is 5.97 Å². The summed E-state index contributed by atoms with van der Waals surface area (Å²) in [4.78, 5) is 26.5. The standard InChI is InChI=1S/C27H44O10/c1-8-17-12(3)21(30)13(4)20(29)11(2)10-27(7,34)24(32)14(5)23(15(6)25(33)35-17)37-26-19-18(36-26)9-16(28)22(19)31/h9,11-15,17-19,21-24,26,28,30-32,34H,8,10H2,1-7H3/t11-,12+,13+,14+,15-,17-,18?,19?,21+,22?,23+,24-,26?,27-/m1/s1. The number of ketones is 1. The van der Waals surface area contributed by atoms with E-state index in [1.165, 1.54) is 13.0 Å². The van der Waals surface area contributed by atoms with Crippen molar-refractivity contribution in [3.63, 3.8) is 0 Å². The van der Waals surface area contributed by atoms with Crippen molar-refractivity contribution in [3.05, 3.63) is 11.8 Å². The van der Waals surface area contributed by atoms with E-state index in [4.69, 9.17) is 14.2 Å². The maximum Gasteiger partial charge on any atom is 0.311 e. The van der Waals surface area contributed by atoms with Crippen LogP contribution in [-0.2, 0) is 23.8 Å². The number of hydrogen-bond acceptors (Lipinski definition) is 10. The van der Waals surface area contributed by atoms with Crippen LogP contribution in [0.25, 0.3) is 0 Å². The minimum Gasteiger partial charge on any atom is -0.510 e. The molecule has 0 aromatic heterocycles. The highest BCUT2D eigenvalue weighted by atomic mass is 16.7. The van der Waals surface area contributed by atoms with Gasteiger partial charge in [0, 0.05) is 23.7 Å². The van der Waals surface area contributed by atoms with Gasteiger partial charge in [0.1, 0.15) is 23.8 Å². The summed E-state index contributed by atoms with van der Waals surface area (Å²) in [7, 11) is 0. The van der Waals surface area contributed by atoms with E-state index in [0.717, 1.165) is 0 Å². The summed E-state index contributed by atoms with van der Waals surface area (Å²) >= 11 is 0. The van der Waals surface area contributed by atoms with E-state index in [9.17, 15) is 35.1 Å². The first kappa shape index (κ1) is 30.0. The van der Waals surface area contributed by atoms with Crippen LogP contribution in [0.15, 0.2) is 11.8 Å². The summed E-state index contributed by atoms with van der Waals surface area (Å²) in [5.74, 6) is -5.33. The predicted molar refractivity (Wildman–Crippen MR) is 132 cm³/mol. The molecule has 0 radical (unpaired) electrons. The number of aliphatic hydroxyl groups excluding tert-OH is 4. The van der Waals surface area contributed by atoms with Crippen LogP contribution in [0.2, 0.25) is 0 Å². The predicted octanol–water partition coefficient (Wildman–Crippen LogP) is 1.48. The molecule has 0 aromatic carbocycles. The highest BCUT2D eigenvalue weighted by molar-refractivity contribution is 5.83. The van der Waals surface area contributed by atoms with Gasteiger partial charge in [0.15, 0.2) is 6.29 Å². The fraction of sp³-hybridized carbons (Fsp3) is 0.852. The van der Waals surface area contributed by atoms with Crippen LogP contribution in [-0.4, -0.2) is 85.8 Å². The number of aliphatic hydroxyl groups is 5. The topological polar surface area (TPSA) is 163 Å². The Bertz CT molecular complexity index is 871. The van der Waals surface area contributed by atoms with Gasteiger partial charge < -0.3 is 39.7 Å². The van der Waals surface area contributed by atoms with Crippen molar-refractivity contribution >= 4 is 11.8 Å². The van der Waals surface area contributed by atoms with Gasteiger partial charge in [-0.25, -0.2) is 0 Å². The molecule has 0 aromatic rings. The molecule has 1 aliphatic carbocycles. The molecule has 0 amide bonds. The lowest BCUT2D eigenvalue weighted by Crippen LogP contribution is -2.57. The van der Waals surface area contributed by atoms with E-state index >= 15 is 0 Å². The van der Waals surface area contributed by atoms with Crippen molar-refractivity contribution in [1.29, 1.82) is 0 Å². The molecule has 3 rings (SSSR count). The van der Waals surface area contributed by atoms with Gasteiger partial charge in [-0.05, 0) is 32.8 Å². The minimum absolute atomic E-state index is 0.0628. The Labute approximate surface area is 218 Å². The van der Waals surface area contributed by atoms with Crippen LogP contribution in [0, 0.1) is 35.5 Å². The number of rotatable bonds is 3. The first-order valence-corrected chi connectivity index (χ1v) is 13.3. The zero-order valence-corrected chi connectivity index (χ0v) is 22.8. The van der Waals surface area contributed by atoms with Crippen molar-refractivity contribution in [2.75, 3.05) is 0 Å². The van der Waals surface area contributed by atoms with Gasteiger partial charge in [-0.3, -0.25) is 9.59 Å². The fourth-order valence-corrected chi connectivity index (χ4v) is 6.15. The quantitative estimate of drug-likeness (QED) is 0.339. The second-order valence-electron chi connectivity index (χ2n) is 11.7. The van der Waals surface area contributed by atoms with E-state index in [1.807, 2.05) is 6.92 Å². The van der Waals surface area contributed by atoms with E-state index in [0.29, 0.717) is 6.42 Å². The molecule has 4 unspecified atom stereocenters. The molecule has 0 bridgehead atoms. The number of carbonyl (C=O) groups excluding carboxylic acids is 2. The van der Waals surface area contributed by atoms with E-state index < -0.39 is 90.0 Å². The number of hydrogen-bond donors (Lipinski definition) is 5. The Morgan fingerprint density at radius 3 is 2.24 bits per heavy atom. The number of fused-ring (bicyclic) bond motifs is 1. The van der Waals surface area contributed by atoms with Gasteiger partial charge in [-0.1, -0.05) is 34.6 Å². The van der Waals surface area contributed by atoms with Crippen LogP contribution in [0.3, 0.4) is 0 Å². The van der Waals surface area contributed by atoms with Gasteiger partial charge in [-0.2, -0.15) is 0 Å². The second-order valence-corrected chi connectivity index (χ2v) is 11.7. The van der Waals surface area contributed by atoms with Gasteiger partial charge in [0.05, 0.1) is 41.9 Å². The summed E-state index contributed by atoms with van der Waals surface area (Å²) in [6, 6.07) is 0. The molecule has 2 aliphatic heterocycles. The van der Waals surface area contributed by atoms with E-state index in [-0.39, 0.29) is 18.0 Å². The Morgan fingerprint density at radius 2 is 1.68 bits per heavy atom. The molecular weight excluding hydrogens is 484 g/mol. The Balaban J connectivity index is 1.94. The normalized spacial score (nSPS) is 49.9. The molecule has 14 atom stereocenters. The van der Waals surface area contributed by atoms with Crippen molar-refractivity contribution in [2.45, 2.75) is 110 Å². The summed E-state index contributed by atoms with van der Waals surface area (Å²) in [6.45, 7) is 11.5. The van der Waals surface area contributed by atoms with Crippen LogP contribution in [0.4, 0.5) is 0 Å². The maximum atomic E-state index is 13.3. The molecule has 37 heavy (non-hydrogen) atoms. The average molecular weight is 529 g/mol. The lowest BCUT2D eigenvalue weighted by Gasteiger charge is -2.46. The SMILES string of the molecule is CC[C@H]1OC(=O)[C@H](C)[C@@H](OC2OC3C=C(O)C(O)C32)[C@H](C)[C@@H](O)[C@](C)(O)C[C@@H](C)C(=O)[C@H](C)[C@@H](O)[C@H]1C. The van der Waals surface area contributed by atoms with Crippen molar-refractivity contribution in [2.24, 2.45) is 35.5 Å². The molecule has 10 nitrogen and oxygen atoms in total. The number of ether oxygens (including phenoxy) is 3. The monoisotopic (exact) mass is 528 g/mol. The molecule has 5 N–H and O–H groups in total. The van der Waals surface area contributed by atoms with Gasteiger partial charge in [0.25, 0.3) is 0 Å². The molecular formula is C27H44O10. The highest BCUT2D eigenvalue weighted by Crippen LogP contribution is 2.43. The van der Waals surface area contributed by atoms with Crippen molar-refractivity contribution < 1.29 is 49.3 Å². The average Bonchev–Trinajstić information content (AvgIpc) is 3.06. The van der Waals surface area contributed by atoms with Crippen molar-refractivity contribution in [1.82, 2.24) is 0 Å². The Kier molecular flexibility index (Phi) is 9.14. The van der Waals surface area contributed by atoms with E-state index in [2.05, 4.69) is 0 Å². The largest absolute Gasteiger partial charge is 0.510 e. The Morgan fingerprint density at radius 1 is 1.05 bits per heavy atom. The lowest BCUT2D eigenvalue weighted by molar-refractivity contribution is -0.324. The molecule has 2 heterocycles. The number of cyclic esters (lactones) is 1. The summed E-state index contributed by atoms with van der Waals surface area (Å²) in [5, 5.41) is 53.6. The molecule has 3 aliphatic rings. The second kappa shape index (κ2) is 11.3.